The van der Waals surface area contributed by atoms with E-state index in [1.807, 2.05) is 39.0 Å². The molecule has 0 radical (unpaired) electrons. The zero-order chi connectivity index (χ0) is 18.5. The Bertz CT molecular complexity index is 708. The first-order chi connectivity index (χ1) is 12.5. The molecular weight excluding hydrogens is 330 g/mol. The largest absolute Gasteiger partial charge is 0.491 e. The van der Waals surface area contributed by atoms with Crippen LogP contribution in [-0.4, -0.2) is 65.5 Å². The highest BCUT2D eigenvalue weighted by Crippen LogP contribution is 2.19. The highest BCUT2D eigenvalue weighted by Gasteiger charge is 2.20. The van der Waals surface area contributed by atoms with Crippen molar-refractivity contribution in [3.63, 3.8) is 0 Å². The van der Waals surface area contributed by atoms with E-state index in [1.165, 1.54) is 0 Å². The number of hydrogen-bond acceptors (Lipinski definition) is 6. The number of β-amino-alcohol motifs (C(OH)–C–C–N with tert-alkyl or cyclic N) is 1. The Kier molecular flexibility index (Phi) is 6.29. The standard InChI is InChI=1S/C20H29N3O3/c1-15-4-5-16(2)20(10-15)25-14-18(24)12-22-6-8-23(9-7-22)13-19-11-17(3)21-26-19/h4-5,10-11,18,24H,6-9,12-14H2,1-3H3. The Labute approximate surface area is 155 Å². The van der Waals surface area contributed by atoms with E-state index in [9.17, 15) is 5.11 Å². The van der Waals surface area contributed by atoms with Crippen LogP contribution in [0.1, 0.15) is 22.6 Å². The van der Waals surface area contributed by atoms with Gasteiger partial charge in [-0.05, 0) is 38.0 Å². The van der Waals surface area contributed by atoms with Crippen LogP contribution < -0.4 is 4.74 Å². The SMILES string of the molecule is Cc1ccc(C)c(OCC(O)CN2CCN(Cc3cc(C)no3)CC2)c1. The maximum absolute atomic E-state index is 10.3. The van der Waals surface area contributed by atoms with E-state index in [4.69, 9.17) is 9.26 Å². The molecule has 1 saturated heterocycles. The quantitative estimate of drug-likeness (QED) is 0.817. The minimum absolute atomic E-state index is 0.321. The van der Waals surface area contributed by atoms with Crippen LogP contribution in [0.15, 0.2) is 28.8 Å². The lowest BCUT2D eigenvalue weighted by Gasteiger charge is -2.35. The molecule has 1 atom stereocenters. The van der Waals surface area contributed by atoms with E-state index >= 15 is 0 Å². The molecule has 3 rings (SSSR count). The molecular formula is C20H29N3O3. The number of aromatic nitrogens is 1. The third-order valence-electron chi connectivity index (χ3n) is 4.76. The summed E-state index contributed by atoms with van der Waals surface area (Å²) in [6.45, 7) is 11.6. The Morgan fingerprint density at radius 2 is 1.85 bits per heavy atom. The fourth-order valence-electron chi connectivity index (χ4n) is 3.24. The molecule has 1 N–H and O–H groups in total. The van der Waals surface area contributed by atoms with E-state index in [0.717, 1.165) is 61.1 Å². The predicted molar refractivity (Wildman–Crippen MR) is 100 cm³/mol. The van der Waals surface area contributed by atoms with Gasteiger partial charge in [-0.1, -0.05) is 17.3 Å². The second-order valence-corrected chi connectivity index (χ2v) is 7.25. The van der Waals surface area contributed by atoms with Gasteiger partial charge in [0.25, 0.3) is 0 Å². The van der Waals surface area contributed by atoms with Crippen molar-refractivity contribution < 1.29 is 14.4 Å². The smallest absolute Gasteiger partial charge is 0.150 e. The van der Waals surface area contributed by atoms with Gasteiger partial charge in [-0.15, -0.1) is 0 Å². The Balaban J connectivity index is 1.39. The van der Waals surface area contributed by atoms with Crippen molar-refractivity contribution >= 4 is 0 Å². The maximum Gasteiger partial charge on any atom is 0.150 e. The topological polar surface area (TPSA) is 62.0 Å². The number of hydrogen-bond donors (Lipinski definition) is 1. The van der Waals surface area contributed by atoms with Crippen molar-refractivity contribution in [3.05, 3.63) is 46.8 Å². The first-order valence-corrected chi connectivity index (χ1v) is 9.24. The summed E-state index contributed by atoms with van der Waals surface area (Å²) < 4.78 is 11.1. The van der Waals surface area contributed by atoms with E-state index in [-0.39, 0.29) is 0 Å². The average molecular weight is 359 g/mol. The summed E-state index contributed by atoms with van der Waals surface area (Å²) in [6.07, 6.45) is -0.488. The molecule has 0 spiro atoms. The summed E-state index contributed by atoms with van der Waals surface area (Å²) in [7, 11) is 0. The van der Waals surface area contributed by atoms with Crippen molar-refractivity contribution in [1.29, 1.82) is 0 Å². The second kappa shape index (κ2) is 8.66. The molecule has 142 valence electrons. The molecule has 1 fully saturated rings. The number of ether oxygens (including phenoxy) is 1. The highest BCUT2D eigenvalue weighted by atomic mass is 16.5. The molecule has 0 amide bonds. The lowest BCUT2D eigenvalue weighted by molar-refractivity contribution is 0.0428. The maximum atomic E-state index is 10.3. The number of aryl methyl sites for hydroxylation is 3. The minimum atomic E-state index is -0.488. The van der Waals surface area contributed by atoms with Gasteiger partial charge in [0.1, 0.15) is 18.5 Å². The number of nitrogens with zero attached hydrogens (tertiary/aromatic N) is 3. The van der Waals surface area contributed by atoms with Crippen LogP contribution in [0.3, 0.4) is 0 Å². The molecule has 0 aliphatic carbocycles. The number of benzene rings is 1. The van der Waals surface area contributed by atoms with E-state index in [0.29, 0.717) is 13.2 Å². The highest BCUT2D eigenvalue weighted by molar-refractivity contribution is 5.35. The molecule has 1 aromatic carbocycles. The van der Waals surface area contributed by atoms with Crippen LogP contribution in [0, 0.1) is 20.8 Å². The van der Waals surface area contributed by atoms with Crippen molar-refractivity contribution in [2.45, 2.75) is 33.4 Å². The van der Waals surface area contributed by atoms with Crippen molar-refractivity contribution in [1.82, 2.24) is 15.0 Å². The summed E-state index contributed by atoms with van der Waals surface area (Å²) in [4.78, 5) is 4.65. The Hall–Kier alpha value is -1.89. The summed E-state index contributed by atoms with van der Waals surface area (Å²) in [5, 5.41) is 14.3. The van der Waals surface area contributed by atoms with Crippen molar-refractivity contribution in [2.75, 3.05) is 39.3 Å². The summed E-state index contributed by atoms with van der Waals surface area (Å²) in [6, 6.07) is 8.12. The van der Waals surface area contributed by atoms with Crippen LogP contribution in [0.5, 0.6) is 5.75 Å². The third kappa shape index (κ3) is 5.30. The van der Waals surface area contributed by atoms with Gasteiger partial charge in [-0.25, -0.2) is 0 Å². The molecule has 1 aliphatic heterocycles. The molecule has 1 aliphatic rings. The van der Waals surface area contributed by atoms with Gasteiger partial charge in [-0.2, -0.15) is 0 Å². The van der Waals surface area contributed by atoms with Gasteiger partial charge in [-0.3, -0.25) is 9.80 Å². The molecule has 2 aromatic rings. The summed E-state index contributed by atoms with van der Waals surface area (Å²) in [5.41, 5.74) is 3.18. The molecule has 26 heavy (non-hydrogen) atoms. The van der Waals surface area contributed by atoms with Gasteiger partial charge in [0, 0.05) is 38.8 Å². The molecule has 6 heteroatoms. The first kappa shape index (κ1) is 18.9. The summed E-state index contributed by atoms with van der Waals surface area (Å²) in [5.74, 6) is 1.77. The number of aliphatic hydroxyl groups excluding tert-OH is 1. The normalized spacial score (nSPS) is 17.4. The molecule has 6 nitrogen and oxygen atoms in total. The lowest BCUT2D eigenvalue weighted by Crippen LogP contribution is -2.48. The number of piperazine rings is 1. The third-order valence-corrected chi connectivity index (χ3v) is 4.76. The minimum Gasteiger partial charge on any atom is -0.491 e. The molecule has 2 heterocycles. The van der Waals surface area contributed by atoms with Gasteiger partial charge < -0.3 is 14.4 Å². The van der Waals surface area contributed by atoms with E-state index in [2.05, 4.69) is 21.0 Å². The van der Waals surface area contributed by atoms with Crippen molar-refractivity contribution in [2.24, 2.45) is 0 Å². The average Bonchev–Trinajstić information content (AvgIpc) is 3.02. The lowest BCUT2D eigenvalue weighted by atomic mass is 10.1. The molecule has 1 unspecified atom stereocenters. The fourth-order valence-corrected chi connectivity index (χ4v) is 3.24. The van der Waals surface area contributed by atoms with E-state index in [1.54, 1.807) is 0 Å². The van der Waals surface area contributed by atoms with Crippen LogP contribution >= 0.6 is 0 Å². The Morgan fingerprint density at radius 1 is 1.12 bits per heavy atom. The van der Waals surface area contributed by atoms with Gasteiger partial charge in [0.15, 0.2) is 5.76 Å². The molecule has 0 bridgehead atoms. The van der Waals surface area contributed by atoms with Gasteiger partial charge in [0.2, 0.25) is 0 Å². The van der Waals surface area contributed by atoms with Gasteiger partial charge >= 0.3 is 0 Å². The van der Waals surface area contributed by atoms with Crippen LogP contribution in [0.4, 0.5) is 0 Å². The summed E-state index contributed by atoms with van der Waals surface area (Å²) >= 11 is 0. The number of aliphatic hydroxyl groups is 1. The zero-order valence-corrected chi connectivity index (χ0v) is 15.9. The van der Waals surface area contributed by atoms with Crippen LogP contribution in [-0.2, 0) is 6.54 Å². The Morgan fingerprint density at radius 3 is 2.54 bits per heavy atom. The van der Waals surface area contributed by atoms with Crippen molar-refractivity contribution in [3.8, 4) is 5.75 Å². The van der Waals surface area contributed by atoms with E-state index < -0.39 is 6.10 Å². The number of rotatable bonds is 7. The van der Waals surface area contributed by atoms with Crippen LogP contribution in [0.2, 0.25) is 0 Å². The second-order valence-electron chi connectivity index (χ2n) is 7.25. The monoisotopic (exact) mass is 359 g/mol. The van der Waals surface area contributed by atoms with Crippen LogP contribution in [0.25, 0.3) is 0 Å². The first-order valence-electron chi connectivity index (χ1n) is 9.24. The zero-order valence-electron chi connectivity index (χ0n) is 15.9. The molecule has 0 saturated carbocycles. The molecule has 1 aromatic heterocycles. The fraction of sp³-hybridized carbons (Fsp3) is 0.550. The van der Waals surface area contributed by atoms with Gasteiger partial charge in [0.05, 0.1) is 12.2 Å². The predicted octanol–water partition coefficient (Wildman–Crippen LogP) is 2.16.